The van der Waals surface area contributed by atoms with Crippen LogP contribution in [0.4, 0.5) is 0 Å². The number of hydrogen-bond donors (Lipinski definition) is 4. The molecule has 0 radical (unpaired) electrons. The molecule has 0 aromatic heterocycles. The van der Waals surface area contributed by atoms with Crippen LogP contribution in [0, 0.1) is 10.8 Å². The predicted octanol–water partition coefficient (Wildman–Crippen LogP) is 4.33. The zero-order chi connectivity index (χ0) is 17.5. The van der Waals surface area contributed by atoms with Crippen LogP contribution in [0.2, 0.25) is 0 Å². The van der Waals surface area contributed by atoms with Crippen LogP contribution in [0.3, 0.4) is 0 Å². The van der Waals surface area contributed by atoms with Crippen LogP contribution in [0.15, 0.2) is 48.5 Å². The van der Waals surface area contributed by atoms with Gasteiger partial charge in [-0.2, -0.15) is 0 Å². The van der Waals surface area contributed by atoms with Gasteiger partial charge in [0.15, 0.2) is 16.1 Å². The molecular weight excluding hydrogens is 500 g/mol. The fourth-order valence-corrected chi connectivity index (χ4v) is 3.32. The van der Waals surface area contributed by atoms with E-state index in [-0.39, 0.29) is 50.1 Å². The van der Waals surface area contributed by atoms with Gasteiger partial charge >= 0.3 is 0 Å². The third-order valence-electron chi connectivity index (χ3n) is 3.29. The number of amidine groups is 2. The number of nitrogens with two attached hydrogens (primary N) is 2. The number of nitrogens with one attached hydrogen (secondary N) is 2. The Morgan fingerprint density at radius 2 is 1.12 bits per heavy atom. The Labute approximate surface area is 182 Å². The highest BCUT2D eigenvalue weighted by Gasteiger charge is 2.16. The lowest BCUT2D eigenvalue weighted by atomic mass is 9.96. The molecule has 5 nitrogen and oxygen atoms in total. The number of benzene rings is 2. The van der Waals surface area contributed by atoms with Crippen LogP contribution in [0.25, 0.3) is 0 Å². The molecule has 0 aliphatic heterocycles. The number of halogens is 2. The molecule has 2 aromatic rings. The molecule has 0 aliphatic rings. The molecule has 0 unspecified atom stereocenters. The van der Waals surface area contributed by atoms with E-state index in [0.717, 1.165) is 11.1 Å². The first-order chi connectivity index (χ1) is 11.5. The molecule has 0 amide bonds. The van der Waals surface area contributed by atoms with Gasteiger partial charge < -0.3 is 11.5 Å². The first-order valence-electron chi connectivity index (χ1n) is 7.13. The smallest absolute Gasteiger partial charge is 0.193 e. The molecule has 0 saturated carbocycles. The van der Waals surface area contributed by atoms with Crippen molar-refractivity contribution < 1.29 is 4.79 Å². The van der Waals surface area contributed by atoms with Crippen molar-refractivity contribution in [2.75, 3.05) is 0 Å². The summed E-state index contributed by atoms with van der Waals surface area (Å²) in [7, 11) is 0. The first kappa shape index (κ1) is 24.7. The maximum atomic E-state index is 13.0. The second-order valence-electron chi connectivity index (χ2n) is 4.95. The maximum absolute atomic E-state index is 13.0. The van der Waals surface area contributed by atoms with Crippen molar-refractivity contribution in [3.05, 3.63) is 70.8 Å². The predicted molar refractivity (Wildman–Crippen MR) is 123 cm³/mol. The van der Waals surface area contributed by atoms with E-state index >= 15 is 0 Å². The molecule has 0 aliphatic carbocycles. The van der Waals surface area contributed by atoms with Crippen LogP contribution >= 0.6 is 57.5 Å². The summed E-state index contributed by atoms with van der Waals surface area (Å²) in [6.07, 6.45) is 0. The topological polar surface area (TPSA) is 117 Å². The molecule has 0 spiro atoms. The molecule has 2 aromatic carbocycles. The summed E-state index contributed by atoms with van der Waals surface area (Å²) in [4.78, 5) is 13.0. The minimum Gasteiger partial charge on any atom is -0.379 e. The summed E-state index contributed by atoms with van der Waals surface area (Å²) in [6.45, 7) is 0. The van der Waals surface area contributed by atoms with E-state index in [1.165, 1.54) is 23.5 Å². The average Bonchev–Trinajstić information content (AvgIpc) is 2.58. The van der Waals surface area contributed by atoms with Gasteiger partial charge in [-0.05, 0) is 11.1 Å². The fourth-order valence-electron chi connectivity index (χ4n) is 2.19. The van der Waals surface area contributed by atoms with Crippen molar-refractivity contribution in [1.82, 2.24) is 0 Å². The van der Waals surface area contributed by atoms with Crippen LogP contribution in [-0.2, 0) is 11.5 Å². The summed E-state index contributed by atoms with van der Waals surface area (Å²) in [5.41, 5.74) is 13.7. The number of thioether (sulfide) groups is 2. The highest BCUT2D eigenvalue weighted by atomic mass is 79.9. The van der Waals surface area contributed by atoms with Crippen LogP contribution in [0.1, 0.15) is 27.0 Å². The van der Waals surface area contributed by atoms with Gasteiger partial charge in [0.25, 0.3) is 0 Å². The van der Waals surface area contributed by atoms with Crippen molar-refractivity contribution in [1.29, 1.82) is 10.8 Å². The monoisotopic (exact) mass is 518 g/mol. The molecule has 2 rings (SSSR count). The lowest BCUT2D eigenvalue weighted by Crippen LogP contribution is -2.10. The zero-order valence-corrected chi connectivity index (χ0v) is 18.8. The molecule has 0 heterocycles. The quantitative estimate of drug-likeness (QED) is 0.257. The summed E-state index contributed by atoms with van der Waals surface area (Å²) < 4.78 is 0. The van der Waals surface area contributed by atoms with E-state index in [4.69, 9.17) is 22.3 Å². The molecular formula is C17H20Br2N4OS2. The second kappa shape index (κ2) is 12.2. The largest absolute Gasteiger partial charge is 0.379 e. The molecule has 6 N–H and O–H groups in total. The molecule has 140 valence electrons. The van der Waals surface area contributed by atoms with Crippen molar-refractivity contribution >= 4 is 73.6 Å². The minimum atomic E-state index is -0.0745. The Morgan fingerprint density at radius 3 is 1.46 bits per heavy atom. The lowest BCUT2D eigenvalue weighted by Gasteiger charge is -2.11. The normalized spacial score (nSPS) is 9.54. The lowest BCUT2D eigenvalue weighted by molar-refractivity contribution is 0.103. The highest BCUT2D eigenvalue weighted by molar-refractivity contribution is 8.93. The summed E-state index contributed by atoms with van der Waals surface area (Å²) in [5, 5.41) is 14.7. The van der Waals surface area contributed by atoms with E-state index in [0.29, 0.717) is 22.6 Å². The number of ketones is 1. The van der Waals surface area contributed by atoms with E-state index in [9.17, 15) is 4.79 Å². The SMILES string of the molecule is Br.Br.N=C(N)SCc1ccccc1C(=O)c1ccccc1CSC(=N)N. The molecule has 9 heteroatoms. The molecule has 0 fully saturated rings. The average molecular weight is 520 g/mol. The number of carbonyl (C=O) groups is 1. The Hall–Kier alpha value is -1.29. The molecule has 0 saturated heterocycles. The number of hydrogen-bond acceptors (Lipinski definition) is 5. The van der Waals surface area contributed by atoms with Crippen molar-refractivity contribution in [3.8, 4) is 0 Å². The van der Waals surface area contributed by atoms with Crippen molar-refractivity contribution in [3.63, 3.8) is 0 Å². The van der Waals surface area contributed by atoms with Gasteiger partial charge in [-0.15, -0.1) is 34.0 Å². The third kappa shape index (κ3) is 7.14. The van der Waals surface area contributed by atoms with Gasteiger partial charge in [0, 0.05) is 22.6 Å². The van der Waals surface area contributed by atoms with E-state index in [2.05, 4.69) is 0 Å². The van der Waals surface area contributed by atoms with Gasteiger partial charge in [0.05, 0.1) is 0 Å². The van der Waals surface area contributed by atoms with E-state index < -0.39 is 0 Å². The number of carbonyl (C=O) groups excluding carboxylic acids is 1. The van der Waals surface area contributed by atoms with E-state index in [1.807, 2.05) is 36.4 Å². The van der Waals surface area contributed by atoms with Gasteiger partial charge in [-0.3, -0.25) is 15.6 Å². The maximum Gasteiger partial charge on any atom is 0.193 e. The van der Waals surface area contributed by atoms with Gasteiger partial charge in [-0.25, -0.2) is 0 Å². The standard InChI is InChI=1S/C17H18N4OS2.2BrH/c18-16(19)23-9-11-5-1-3-7-13(11)15(22)14-8-4-2-6-12(14)10-24-17(20)21;;/h1-8H,9-10H2,(H3,18,19)(H3,20,21);2*1H. The summed E-state index contributed by atoms with van der Waals surface area (Å²) >= 11 is 2.38. The van der Waals surface area contributed by atoms with Crippen molar-refractivity contribution in [2.45, 2.75) is 11.5 Å². The summed E-state index contributed by atoms with van der Waals surface area (Å²) in [5.74, 6) is 0.873. The first-order valence-corrected chi connectivity index (χ1v) is 9.10. The van der Waals surface area contributed by atoms with Gasteiger partial charge in [0.1, 0.15) is 0 Å². The Morgan fingerprint density at radius 1 is 0.769 bits per heavy atom. The van der Waals surface area contributed by atoms with Crippen LogP contribution in [0.5, 0.6) is 0 Å². The van der Waals surface area contributed by atoms with Crippen LogP contribution in [-0.4, -0.2) is 16.1 Å². The molecule has 0 atom stereocenters. The number of rotatable bonds is 6. The molecule has 0 bridgehead atoms. The van der Waals surface area contributed by atoms with E-state index in [1.54, 1.807) is 12.1 Å². The highest BCUT2D eigenvalue weighted by Crippen LogP contribution is 2.23. The van der Waals surface area contributed by atoms with Gasteiger partial charge in [0.2, 0.25) is 0 Å². The Kier molecular flexibility index (Phi) is 11.6. The fraction of sp³-hybridized carbons (Fsp3) is 0.118. The second-order valence-corrected chi connectivity index (χ2v) is 6.98. The minimum absolute atomic E-state index is 0. The summed E-state index contributed by atoms with van der Waals surface area (Å²) in [6, 6.07) is 14.7. The van der Waals surface area contributed by atoms with Crippen molar-refractivity contribution in [2.24, 2.45) is 11.5 Å². The Bertz CT molecular complexity index is 723. The third-order valence-corrected chi connectivity index (χ3v) is 4.82. The Balaban J connectivity index is 0.00000312. The van der Waals surface area contributed by atoms with Crippen LogP contribution < -0.4 is 11.5 Å². The van der Waals surface area contributed by atoms with Gasteiger partial charge in [-0.1, -0.05) is 72.1 Å². The molecule has 26 heavy (non-hydrogen) atoms. The zero-order valence-electron chi connectivity index (χ0n) is 13.7.